The van der Waals surface area contributed by atoms with Crippen LogP contribution in [0.15, 0.2) is 30.3 Å². The van der Waals surface area contributed by atoms with Crippen molar-refractivity contribution in [2.75, 3.05) is 0 Å². The third-order valence-corrected chi connectivity index (χ3v) is 3.20. The van der Waals surface area contributed by atoms with Gasteiger partial charge in [-0.1, -0.05) is 40.9 Å². The topological polar surface area (TPSA) is 22.1 Å². The molecule has 0 atom stereocenters. The van der Waals surface area contributed by atoms with Crippen LogP contribution in [0.25, 0.3) is 0 Å². The molecule has 0 aliphatic heterocycles. The quantitative estimate of drug-likeness (QED) is 0.750. The van der Waals surface area contributed by atoms with E-state index in [0.717, 1.165) is 11.1 Å². The van der Waals surface area contributed by atoms with Gasteiger partial charge in [0.05, 0.1) is 5.02 Å². The van der Waals surface area contributed by atoms with Crippen LogP contribution in [0.2, 0.25) is 15.3 Å². The van der Waals surface area contributed by atoms with Crippen molar-refractivity contribution in [3.05, 3.63) is 56.8 Å². The second-order valence-electron chi connectivity index (χ2n) is 3.81. The molecule has 1 aromatic heterocycles. The molecule has 0 radical (unpaired) electrons. The monoisotopic (exact) mass is 301 g/mol. The minimum absolute atomic E-state index is 0.297. The summed E-state index contributed by atoms with van der Waals surface area (Å²) in [4.78, 5) is 3.94. The van der Waals surface area contributed by atoms with Gasteiger partial charge in [-0.25, -0.2) is 4.98 Å². The number of aryl methyl sites for hydroxylation is 1. The molecule has 0 unspecified atom stereocenters. The van der Waals surface area contributed by atoms with Crippen LogP contribution < -0.4 is 4.74 Å². The van der Waals surface area contributed by atoms with Crippen LogP contribution in [0.3, 0.4) is 0 Å². The van der Waals surface area contributed by atoms with E-state index in [2.05, 4.69) is 4.98 Å². The molecule has 1 heterocycles. The van der Waals surface area contributed by atoms with E-state index in [1.54, 1.807) is 12.1 Å². The summed E-state index contributed by atoms with van der Waals surface area (Å²) in [6.45, 7) is 2.27. The standard InChI is InChI=1S/C13H10Cl3NO/c1-8-2-4-11(10(14)6-8)18-7-9-3-5-12(15)17-13(9)16/h2-6H,7H2,1H3. The molecule has 2 nitrogen and oxygen atoms in total. The fourth-order valence-corrected chi connectivity index (χ4v) is 2.12. The Morgan fingerprint density at radius 1 is 1.11 bits per heavy atom. The summed E-state index contributed by atoms with van der Waals surface area (Å²) < 4.78 is 5.60. The normalized spacial score (nSPS) is 10.4. The van der Waals surface area contributed by atoms with Crippen molar-refractivity contribution in [3.63, 3.8) is 0 Å². The predicted molar refractivity (Wildman–Crippen MR) is 74.8 cm³/mol. The number of benzene rings is 1. The smallest absolute Gasteiger partial charge is 0.138 e. The third-order valence-electron chi connectivity index (χ3n) is 2.36. The Bertz CT molecular complexity index is 521. The van der Waals surface area contributed by atoms with Crippen LogP contribution in [0.5, 0.6) is 5.75 Å². The highest BCUT2D eigenvalue weighted by Crippen LogP contribution is 2.27. The molecule has 2 aromatic rings. The van der Waals surface area contributed by atoms with Crippen molar-refractivity contribution in [3.8, 4) is 5.75 Å². The van der Waals surface area contributed by atoms with E-state index in [0.29, 0.717) is 27.7 Å². The van der Waals surface area contributed by atoms with Gasteiger partial charge in [0.1, 0.15) is 22.7 Å². The Labute approximate surface area is 120 Å². The van der Waals surface area contributed by atoms with E-state index >= 15 is 0 Å². The molecule has 0 N–H and O–H groups in total. The Hall–Kier alpha value is -0.960. The number of hydrogen-bond acceptors (Lipinski definition) is 2. The van der Waals surface area contributed by atoms with Crippen molar-refractivity contribution in [1.29, 1.82) is 0 Å². The van der Waals surface area contributed by atoms with Crippen LogP contribution in [0, 0.1) is 6.92 Å². The summed E-state index contributed by atoms with van der Waals surface area (Å²) in [5, 5.41) is 1.27. The lowest BCUT2D eigenvalue weighted by Gasteiger charge is -2.09. The summed E-state index contributed by atoms with van der Waals surface area (Å²) in [7, 11) is 0. The molecule has 1 aromatic carbocycles. The highest BCUT2D eigenvalue weighted by atomic mass is 35.5. The summed E-state index contributed by atoms with van der Waals surface area (Å²) in [5.74, 6) is 0.619. The van der Waals surface area contributed by atoms with Crippen LogP contribution in [-0.2, 0) is 6.61 Å². The first-order chi connectivity index (χ1) is 8.56. The minimum Gasteiger partial charge on any atom is -0.487 e. The highest BCUT2D eigenvalue weighted by molar-refractivity contribution is 6.33. The van der Waals surface area contributed by atoms with Crippen molar-refractivity contribution in [2.24, 2.45) is 0 Å². The van der Waals surface area contributed by atoms with Gasteiger partial charge in [0.2, 0.25) is 0 Å². The fourth-order valence-electron chi connectivity index (χ4n) is 1.43. The zero-order valence-corrected chi connectivity index (χ0v) is 11.9. The van der Waals surface area contributed by atoms with E-state index in [4.69, 9.17) is 39.5 Å². The maximum absolute atomic E-state index is 6.07. The predicted octanol–water partition coefficient (Wildman–Crippen LogP) is 4.93. The molecule has 2 rings (SSSR count). The largest absolute Gasteiger partial charge is 0.487 e. The maximum atomic E-state index is 6.07. The zero-order chi connectivity index (χ0) is 13.1. The number of hydrogen-bond donors (Lipinski definition) is 0. The van der Waals surface area contributed by atoms with Gasteiger partial charge in [0, 0.05) is 5.56 Å². The van der Waals surface area contributed by atoms with Gasteiger partial charge in [-0.3, -0.25) is 0 Å². The van der Waals surface area contributed by atoms with Crippen molar-refractivity contribution < 1.29 is 4.74 Å². The molecular formula is C13H10Cl3NO. The summed E-state index contributed by atoms with van der Waals surface area (Å²) in [6.07, 6.45) is 0. The number of ether oxygens (including phenoxy) is 1. The third kappa shape index (κ3) is 3.29. The first-order valence-corrected chi connectivity index (χ1v) is 6.39. The first-order valence-electron chi connectivity index (χ1n) is 5.26. The lowest BCUT2D eigenvalue weighted by molar-refractivity contribution is 0.306. The van der Waals surface area contributed by atoms with Crippen molar-refractivity contribution >= 4 is 34.8 Å². The molecule has 0 spiro atoms. The Balaban J connectivity index is 2.11. The van der Waals surface area contributed by atoms with Crippen LogP contribution in [0.1, 0.15) is 11.1 Å². The molecule has 0 aliphatic rings. The Morgan fingerprint density at radius 3 is 2.56 bits per heavy atom. The molecule has 94 valence electrons. The highest BCUT2D eigenvalue weighted by Gasteiger charge is 2.06. The average Bonchev–Trinajstić information content (AvgIpc) is 2.30. The lowest BCUT2D eigenvalue weighted by Crippen LogP contribution is -1.98. The molecule has 0 bridgehead atoms. The van der Waals surface area contributed by atoms with Gasteiger partial charge in [-0.05, 0) is 36.8 Å². The molecule has 0 saturated carbocycles. The van der Waals surface area contributed by atoms with Crippen molar-refractivity contribution in [2.45, 2.75) is 13.5 Å². The van der Waals surface area contributed by atoms with E-state index in [-0.39, 0.29) is 0 Å². The van der Waals surface area contributed by atoms with Gasteiger partial charge < -0.3 is 4.74 Å². The van der Waals surface area contributed by atoms with E-state index < -0.39 is 0 Å². The maximum Gasteiger partial charge on any atom is 0.138 e. The molecular weight excluding hydrogens is 293 g/mol. The number of halogens is 3. The van der Waals surface area contributed by atoms with Crippen molar-refractivity contribution in [1.82, 2.24) is 4.98 Å². The van der Waals surface area contributed by atoms with Crippen LogP contribution in [-0.4, -0.2) is 4.98 Å². The van der Waals surface area contributed by atoms with Crippen LogP contribution >= 0.6 is 34.8 Å². The SMILES string of the molecule is Cc1ccc(OCc2ccc(Cl)nc2Cl)c(Cl)c1. The zero-order valence-electron chi connectivity index (χ0n) is 9.58. The number of rotatable bonds is 3. The molecule has 18 heavy (non-hydrogen) atoms. The Kier molecular flexibility index (Phi) is 4.33. The van der Waals surface area contributed by atoms with Crippen LogP contribution in [0.4, 0.5) is 0 Å². The van der Waals surface area contributed by atoms with Gasteiger partial charge >= 0.3 is 0 Å². The molecule has 0 saturated heterocycles. The minimum atomic E-state index is 0.297. The summed E-state index contributed by atoms with van der Waals surface area (Å²) >= 11 is 17.7. The Morgan fingerprint density at radius 2 is 1.89 bits per heavy atom. The van der Waals surface area contributed by atoms with Gasteiger partial charge in [0.25, 0.3) is 0 Å². The summed E-state index contributed by atoms with van der Waals surface area (Å²) in [5.41, 5.74) is 1.84. The van der Waals surface area contributed by atoms with Gasteiger partial charge in [-0.15, -0.1) is 0 Å². The molecule has 0 amide bonds. The lowest BCUT2D eigenvalue weighted by atomic mass is 10.2. The van der Waals surface area contributed by atoms with Gasteiger partial charge in [0.15, 0.2) is 0 Å². The van der Waals surface area contributed by atoms with E-state index in [1.165, 1.54) is 0 Å². The second kappa shape index (κ2) is 5.79. The number of pyridine rings is 1. The summed E-state index contributed by atoms with van der Waals surface area (Å²) in [6, 6.07) is 9.05. The number of aromatic nitrogens is 1. The van der Waals surface area contributed by atoms with E-state index in [1.807, 2.05) is 25.1 Å². The number of nitrogens with zero attached hydrogens (tertiary/aromatic N) is 1. The second-order valence-corrected chi connectivity index (χ2v) is 4.96. The van der Waals surface area contributed by atoms with Gasteiger partial charge in [-0.2, -0.15) is 0 Å². The average molecular weight is 303 g/mol. The van der Waals surface area contributed by atoms with E-state index in [9.17, 15) is 0 Å². The molecule has 0 fully saturated rings. The fraction of sp³-hybridized carbons (Fsp3) is 0.154. The molecule has 0 aliphatic carbocycles. The molecule has 5 heteroatoms. The first kappa shape index (κ1) is 13.5.